The van der Waals surface area contributed by atoms with Crippen LogP contribution >= 0.6 is 0 Å². The van der Waals surface area contributed by atoms with Crippen molar-refractivity contribution in [3.05, 3.63) is 0 Å². The standard InChI is InChI=1S/C16H26O2/c1-15(2,17-5)13-11-9-7-8-10-12-14-16(3,4)18-6/h7-10H2,1-6H3. The molecule has 0 saturated heterocycles. The Morgan fingerprint density at radius 2 is 1.06 bits per heavy atom. The Kier molecular flexibility index (Phi) is 7.76. The maximum absolute atomic E-state index is 5.22. The van der Waals surface area contributed by atoms with Crippen molar-refractivity contribution in [2.75, 3.05) is 14.2 Å². The van der Waals surface area contributed by atoms with Crippen LogP contribution in [-0.2, 0) is 9.47 Å². The molecular weight excluding hydrogens is 224 g/mol. The number of methoxy groups -OCH3 is 2. The lowest BCUT2D eigenvalue weighted by Gasteiger charge is -2.14. The molecule has 0 unspecified atom stereocenters. The molecule has 0 aliphatic carbocycles. The number of hydrogen-bond acceptors (Lipinski definition) is 2. The van der Waals surface area contributed by atoms with Gasteiger partial charge in [-0.2, -0.15) is 0 Å². The first-order chi connectivity index (χ1) is 8.33. The zero-order valence-electron chi connectivity index (χ0n) is 12.6. The van der Waals surface area contributed by atoms with Crippen molar-refractivity contribution in [3.63, 3.8) is 0 Å². The predicted octanol–water partition coefficient (Wildman–Crippen LogP) is 3.40. The van der Waals surface area contributed by atoms with Gasteiger partial charge in [-0.3, -0.25) is 0 Å². The molecule has 0 rings (SSSR count). The van der Waals surface area contributed by atoms with Crippen LogP contribution in [0.1, 0.15) is 53.4 Å². The molecular formula is C16H26O2. The molecule has 18 heavy (non-hydrogen) atoms. The minimum absolute atomic E-state index is 0.331. The summed E-state index contributed by atoms with van der Waals surface area (Å²) in [6.07, 6.45) is 3.97. The van der Waals surface area contributed by atoms with Gasteiger partial charge >= 0.3 is 0 Å². The van der Waals surface area contributed by atoms with Crippen molar-refractivity contribution < 1.29 is 9.47 Å². The summed E-state index contributed by atoms with van der Waals surface area (Å²) in [5, 5.41) is 0. The van der Waals surface area contributed by atoms with Gasteiger partial charge in [0.2, 0.25) is 0 Å². The van der Waals surface area contributed by atoms with Gasteiger partial charge in [-0.1, -0.05) is 11.8 Å². The lowest BCUT2D eigenvalue weighted by atomic mass is 10.1. The van der Waals surface area contributed by atoms with Crippen LogP contribution in [-0.4, -0.2) is 25.4 Å². The molecule has 102 valence electrons. The van der Waals surface area contributed by atoms with Crippen LogP contribution < -0.4 is 0 Å². The average Bonchev–Trinajstić information content (AvgIpc) is 2.32. The van der Waals surface area contributed by atoms with Crippen molar-refractivity contribution in [3.8, 4) is 23.7 Å². The van der Waals surface area contributed by atoms with Gasteiger partial charge in [-0.05, 0) is 40.5 Å². The normalized spacial score (nSPS) is 11.2. The summed E-state index contributed by atoms with van der Waals surface area (Å²) in [5.74, 6) is 12.5. The van der Waals surface area contributed by atoms with Crippen molar-refractivity contribution >= 4 is 0 Å². The van der Waals surface area contributed by atoms with E-state index in [0.29, 0.717) is 0 Å². The number of hydrogen-bond donors (Lipinski definition) is 0. The predicted molar refractivity (Wildman–Crippen MR) is 76.2 cm³/mol. The van der Waals surface area contributed by atoms with Gasteiger partial charge in [0, 0.05) is 27.1 Å². The van der Waals surface area contributed by atoms with Gasteiger partial charge in [-0.25, -0.2) is 0 Å². The highest BCUT2D eigenvalue weighted by Crippen LogP contribution is 2.06. The highest BCUT2D eigenvalue weighted by molar-refractivity contribution is 5.12. The zero-order chi connectivity index (χ0) is 14.1. The highest BCUT2D eigenvalue weighted by atomic mass is 16.5. The summed E-state index contributed by atoms with van der Waals surface area (Å²) in [6.45, 7) is 7.88. The van der Waals surface area contributed by atoms with E-state index in [1.807, 2.05) is 27.7 Å². The molecule has 2 nitrogen and oxygen atoms in total. The summed E-state index contributed by atoms with van der Waals surface area (Å²) in [5.41, 5.74) is -0.662. The topological polar surface area (TPSA) is 18.5 Å². The molecule has 0 spiro atoms. The maximum atomic E-state index is 5.22. The highest BCUT2D eigenvalue weighted by Gasteiger charge is 2.10. The average molecular weight is 250 g/mol. The van der Waals surface area contributed by atoms with Crippen molar-refractivity contribution in [1.29, 1.82) is 0 Å². The van der Waals surface area contributed by atoms with Crippen molar-refractivity contribution in [2.45, 2.75) is 64.6 Å². The van der Waals surface area contributed by atoms with Crippen LogP contribution in [0.3, 0.4) is 0 Å². The van der Waals surface area contributed by atoms with Gasteiger partial charge in [0.25, 0.3) is 0 Å². The van der Waals surface area contributed by atoms with Crippen LogP contribution in [0.15, 0.2) is 0 Å². The minimum atomic E-state index is -0.331. The number of rotatable bonds is 5. The Hall–Kier alpha value is -0.960. The lowest BCUT2D eigenvalue weighted by molar-refractivity contribution is 0.0738. The summed E-state index contributed by atoms with van der Waals surface area (Å²) in [7, 11) is 3.36. The van der Waals surface area contributed by atoms with E-state index in [4.69, 9.17) is 9.47 Å². The molecule has 2 heteroatoms. The third-order valence-electron chi connectivity index (χ3n) is 2.65. The van der Waals surface area contributed by atoms with E-state index < -0.39 is 0 Å². The molecule has 0 aliphatic rings. The van der Waals surface area contributed by atoms with E-state index in [9.17, 15) is 0 Å². The third kappa shape index (κ3) is 9.11. The monoisotopic (exact) mass is 250 g/mol. The fourth-order valence-electron chi connectivity index (χ4n) is 1.08. The summed E-state index contributed by atoms with van der Waals surface area (Å²) in [6, 6.07) is 0. The second-order valence-electron chi connectivity index (χ2n) is 5.24. The number of unbranched alkanes of at least 4 members (excludes halogenated alkanes) is 3. The van der Waals surface area contributed by atoms with Crippen LogP contribution in [0, 0.1) is 23.7 Å². The van der Waals surface area contributed by atoms with Gasteiger partial charge in [0.1, 0.15) is 11.2 Å². The van der Waals surface area contributed by atoms with E-state index in [2.05, 4.69) is 23.7 Å². The van der Waals surface area contributed by atoms with Crippen LogP contribution in [0.4, 0.5) is 0 Å². The zero-order valence-corrected chi connectivity index (χ0v) is 12.6. The van der Waals surface area contributed by atoms with E-state index in [1.54, 1.807) is 14.2 Å². The van der Waals surface area contributed by atoms with E-state index in [0.717, 1.165) is 25.7 Å². The third-order valence-corrected chi connectivity index (χ3v) is 2.65. The molecule has 0 bridgehead atoms. The fraction of sp³-hybridized carbons (Fsp3) is 0.750. The number of ether oxygens (including phenoxy) is 2. The summed E-state index contributed by atoms with van der Waals surface area (Å²) >= 11 is 0. The smallest absolute Gasteiger partial charge is 0.122 e. The van der Waals surface area contributed by atoms with E-state index >= 15 is 0 Å². The Labute approximate surface area is 112 Å². The molecule has 0 amide bonds. The molecule has 0 heterocycles. The van der Waals surface area contributed by atoms with Gasteiger partial charge in [-0.15, -0.1) is 11.8 Å². The first-order valence-electron chi connectivity index (χ1n) is 6.43. The Morgan fingerprint density at radius 3 is 1.33 bits per heavy atom. The fourth-order valence-corrected chi connectivity index (χ4v) is 1.08. The maximum Gasteiger partial charge on any atom is 0.122 e. The molecule has 0 aromatic rings. The summed E-state index contributed by atoms with van der Waals surface area (Å²) < 4.78 is 10.4. The Balaban J connectivity index is 3.77. The van der Waals surface area contributed by atoms with Crippen molar-refractivity contribution in [1.82, 2.24) is 0 Å². The molecule has 0 aromatic heterocycles. The molecule has 0 saturated carbocycles. The Bertz CT molecular complexity index is 309. The van der Waals surface area contributed by atoms with E-state index in [-0.39, 0.29) is 11.2 Å². The molecule has 0 fully saturated rings. The second-order valence-corrected chi connectivity index (χ2v) is 5.24. The lowest BCUT2D eigenvalue weighted by Crippen LogP contribution is -2.19. The first kappa shape index (κ1) is 17.0. The first-order valence-corrected chi connectivity index (χ1v) is 6.43. The van der Waals surface area contributed by atoms with Crippen LogP contribution in [0.5, 0.6) is 0 Å². The van der Waals surface area contributed by atoms with Crippen LogP contribution in [0.2, 0.25) is 0 Å². The van der Waals surface area contributed by atoms with E-state index in [1.165, 1.54) is 0 Å². The molecule has 0 radical (unpaired) electrons. The van der Waals surface area contributed by atoms with Gasteiger partial charge in [0.15, 0.2) is 0 Å². The van der Waals surface area contributed by atoms with Gasteiger partial charge < -0.3 is 9.47 Å². The molecule has 0 atom stereocenters. The minimum Gasteiger partial charge on any atom is -0.366 e. The summed E-state index contributed by atoms with van der Waals surface area (Å²) in [4.78, 5) is 0. The SMILES string of the molecule is COC(C)(C)C#CCCCCC#CC(C)(C)OC. The molecule has 0 N–H and O–H groups in total. The Morgan fingerprint density at radius 1 is 0.722 bits per heavy atom. The second kappa shape index (κ2) is 8.20. The quantitative estimate of drug-likeness (QED) is 0.550. The van der Waals surface area contributed by atoms with Gasteiger partial charge in [0.05, 0.1) is 0 Å². The van der Waals surface area contributed by atoms with Crippen molar-refractivity contribution in [2.24, 2.45) is 0 Å². The van der Waals surface area contributed by atoms with Crippen LogP contribution in [0.25, 0.3) is 0 Å². The molecule has 0 aliphatic heterocycles. The molecule has 0 aromatic carbocycles. The largest absolute Gasteiger partial charge is 0.366 e.